The van der Waals surface area contributed by atoms with Crippen molar-refractivity contribution in [2.24, 2.45) is 5.92 Å². The molecular weight excluding hydrogens is 342 g/mol. The monoisotopic (exact) mass is 369 g/mol. The van der Waals surface area contributed by atoms with E-state index in [1.54, 1.807) is 13.3 Å². The Morgan fingerprint density at radius 2 is 2.22 bits per heavy atom. The minimum Gasteiger partial charge on any atom is -0.383 e. The van der Waals surface area contributed by atoms with E-state index in [0.29, 0.717) is 26.1 Å². The molecule has 3 heterocycles. The molecular formula is C20H27N5O2. The Kier molecular flexibility index (Phi) is 6.40. The number of nitriles is 1. The van der Waals surface area contributed by atoms with Gasteiger partial charge >= 0.3 is 0 Å². The first-order valence-electron chi connectivity index (χ1n) is 9.62. The minimum atomic E-state index is 0.101. The molecule has 1 saturated heterocycles. The lowest BCUT2D eigenvalue weighted by atomic mass is 9.98. The van der Waals surface area contributed by atoms with Crippen LogP contribution in [0.25, 0.3) is 11.2 Å². The molecule has 0 radical (unpaired) electrons. The van der Waals surface area contributed by atoms with Crippen molar-refractivity contribution in [3.63, 3.8) is 0 Å². The van der Waals surface area contributed by atoms with Gasteiger partial charge in [-0.25, -0.2) is 9.97 Å². The molecule has 3 rings (SSSR count). The van der Waals surface area contributed by atoms with E-state index in [2.05, 4.69) is 22.5 Å². The molecule has 0 bridgehead atoms. The Morgan fingerprint density at radius 1 is 1.44 bits per heavy atom. The number of ether oxygens (including phenoxy) is 1. The van der Waals surface area contributed by atoms with Gasteiger partial charge in [0.2, 0.25) is 5.91 Å². The lowest BCUT2D eigenvalue weighted by Gasteiger charge is -2.29. The number of methoxy groups -OCH3 is 1. The smallest absolute Gasteiger partial charge is 0.222 e. The summed E-state index contributed by atoms with van der Waals surface area (Å²) in [6.07, 6.45) is 5.34. The fourth-order valence-corrected chi connectivity index (χ4v) is 3.75. The number of likely N-dealkylation sites (tertiary alicyclic amines) is 1. The molecule has 0 aliphatic carbocycles. The third-order valence-corrected chi connectivity index (χ3v) is 5.19. The number of fused-ring (bicyclic) bond motifs is 1. The van der Waals surface area contributed by atoms with Crippen molar-refractivity contribution in [3.8, 4) is 6.07 Å². The molecule has 1 amide bonds. The zero-order valence-electron chi connectivity index (χ0n) is 16.1. The number of amides is 1. The molecule has 0 N–H and O–H groups in total. The van der Waals surface area contributed by atoms with Gasteiger partial charge in [-0.3, -0.25) is 4.79 Å². The largest absolute Gasteiger partial charge is 0.383 e. The lowest BCUT2D eigenvalue weighted by molar-refractivity contribution is -0.132. The van der Waals surface area contributed by atoms with Crippen LogP contribution in [0.5, 0.6) is 0 Å². The lowest BCUT2D eigenvalue weighted by Crippen LogP contribution is -2.38. The molecule has 1 aliphatic heterocycles. The van der Waals surface area contributed by atoms with Crippen LogP contribution >= 0.6 is 0 Å². The summed E-state index contributed by atoms with van der Waals surface area (Å²) in [5.41, 5.74) is 1.74. The number of aryl methyl sites for hydroxylation is 1. The van der Waals surface area contributed by atoms with Crippen molar-refractivity contribution in [2.75, 3.05) is 26.8 Å². The van der Waals surface area contributed by atoms with Crippen molar-refractivity contribution >= 4 is 17.1 Å². The topological polar surface area (TPSA) is 84.0 Å². The van der Waals surface area contributed by atoms with E-state index in [1.807, 2.05) is 17.0 Å². The highest BCUT2D eigenvalue weighted by molar-refractivity contribution is 5.76. The van der Waals surface area contributed by atoms with Gasteiger partial charge < -0.3 is 14.2 Å². The number of rotatable bonds is 7. The van der Waals surface area contributed by atoms with Crippen molar-refractivity contribution in [3.05, 3.63) is 24.2 Å². The zero-order chi connectivity index (χ0) is 19.2. The zero-order valence-corrected chi connectivity index (χ0v) is 16.1. The van der Waals surface area contributed by atoms with Crippen molar-refractivity contribution < 1.29 is 9.53 Å². The second-order valence-electron chi connectivity index (χ2n) is 7.19. The van der Waals surface area contributed by atoms with E-state index in [9.17, 15) is 4.79 Å². The van der Waals surface area contributed by atoms with Crippen LogP contribution in [-0.2, 0) is 16.0 Å². The molecule has 7 heteroatoms. The Labute approximate surface area is 160 Å². The number of carbonyl (C=O) groups is 1. The van der Waals surface area contributed by atoms with Crippen LogP contribution in [0.2, 0.25) is 0 Å². The number of pyridine rings is 1. The van der Waals surface area contributed by atoms with Gasteiger partial charge in [0.1, 0.15) is 11.3 Å². The Bertz CT molecular complexity index is 817. The molecule has 1 atom stereocenters. The summed E-state index contributed by atoms with van der Waals surface area (Å²) in [6, 6.07) is 6.29. The van der Waals surface area contributed by atoms with E-state index in [0.717, 1.165) is 42.7 Å². The van der Waals surface area contributed by atoms with Crippen LogP contribution in [0.3, 0.4) is 0 Å². The van der Waals surface area contributed by atoms with Gasteiger partial charge in [0.25, 0.3) is 0 Å². The van der Waals surface area contributed by atoms with Gasteiger partial charge in [-0.1, -0.05) is 0 Å². The van der Waals surface area contributed by atoms with Gasteiger partial charge in [-0.2, -0.15) is 5.26 Å². The molecule has 1 aliphatic rings. The number of carbonyl (C=O) groups excluding carboxylic acids is 1. The molecule has 27 heavy (non-hydrogen) atoms. The normalized spacial score (nSPS) is 16.4. The van der Waals surface area contributed by atoms with E-state index >= 15 is 0 Å². The van der Waals surface area contributed by atoms with Crippen LogP contribution in [0.4, 0.5) is 0 Å². The Morgan fingerprint density at radius 3 is 2.93 bits per heavy atom. The molecule has 0 saturated carbocycles. The van der Waals surface area contributed by atoms with Crippen LogP contribution in [0, 0.1) is 17.2 Å². The molecule has 0 spiro atoms. The van der Waals surface area contributed by atoms with E-state index in [1.165, 1.54) is 0 Å². The molecule has 144 valence electrons. The summed E-state index contributed by atoms with van der Waals surface area (Å²) in [5.74, 6) is 1.23. The molecule has 0 unspecified atom stereocenters. The van der Waals surface area contributed by atoms with E-state index in [-0.39, 0.29) is 17.9 Å². The van der Waals surface area contributed by atoms with Crippen molar-refractivity contribution in [2.45, 2.75) is 45.1 Å². The van der Waals surface area contributed by atoms with Crippen LogP contribution in [0.15, 0.2) is 18.3 Å². The quantitative estimate of drug-likeness (QED) is 0.749. The van der Waals surface area contributed by atoms with E-state index < -0.39 is 0 Å². The highest BCUT2D eigenvalue weighted by Gasteiger charge is 2.22. The summed E-state index contributed by atoms with van der Waals surface area (Å²) in [4.78, 5) is 23.6. The fourth-order valence-electron chi connectivity index (χ4n) is 3.75. The number of hydrogen-bond acceptors (Lipinski definition) is 5. The molecule has 2 aromatic rings. The number of imidazole rings is 1. The molecule has 2 aromatic heterocycles. The Balaban J connectivity index is 1.62. The van der Waals surface area contributed by atoms with Gasteiger partial charge in [-0.15, -0.1) is 0 Å². The highest BCUT2D eigenvalue weighted by atomic mass is 16.5. The summed E-state index contributed by atoms with van der Waals surface area (Å²) < 4.78 is 7.44. The second-order valence-corrected chi connectivity index (χ2v) is 7.19. The number of hydrogen-bond donors (Lipinski definition) is 0. The summed E-state index contributed by atoms with van der Waals surface area (Å²) in [5, 5.41) is 8.98. The molecule has 1 fully saturated rings. The average Bonchev–Trinajstić information content (AvgIpc) is 3.06. The maximum absolute atomic E-state index is 12.5. The average molecular weight is 369 g/mol. The first-order valence-corrected chi connectivity index (χ1v) is 9.62. The summed E-state index contributed by atoms with van der Waals surface area (Å²) in [7, 11) is 1.69. The highest BCUT2D eigenvalue weighted by Crippen LogP contribution is 2.22. The maximum Gasteiger partial charge on any atom is 0.222 e. The van der Waals surface area contributed by atoms with Crippen LogP contribution in [-0.4, -0.2) is 52.1 Å². The predicted octanol–water partition coefficient (Wildman–Crippen LogP) is 2.72. The maximum atomic E-state index is 12.5. The number of nitrogens with zero attached hydrogens (tertiary/aromatic N) is 5. The standard InChI is InChI=1S/C20H27N5O2/c1-15(14-27-2)25-18(23-17-5-4-10-22-20(17)25)6-3-7-19(26)24-11-8-16(13-21)9-12-24/h4-5,10,15-16H,3,6-9,11-12,14H2,1-2H3/t15-/m0/s1. The first-order chi connectivity index (χ1) is 13.1. The van der Waals surface area contributed by atoms with Gasteiger partial charge in [-0.05, 0) is 38.3 Å². The third-order valence-electron chi connectivity index (χ3n) is 5.19. The molecule has 0 aromatic carbocycles. The fraction of sp³-hybridized carbons (Fsp3) is 0.600. The van der Waals surface area contributed by atoms with Gasteiger partial charge in [0, 0.05) is 45.2 Å². The van der Waals surface area contributed by atoms with Gasteiger partial charge in [0.05, 0.1) is 18.7 Å². The number of piperidine rings is 1. The molecule has 7 nitrogen and oxygen atoms in total. The van der Waals surface area contributed by atoms with Crippen LogP contribution in [0.1, 0.15) is 44.5 Å². The van der Waals surface area contributed by atoms with E-state index in [4.69, 9.17) is 15.0 Å². The third kappa shape index (κ3) is 4.45. The minimum absolute atomic E-state index is 0.101. The first kappa shape index (κ1) is 19.3. The van der Waals surface area contributed by atoms with Crippen molar-refractivity contribution in [1.82, 2.24) is 19.4 Å². The summed E-state index contributed by atoms with van der Waals surface area (Å²) in [6.45, 7) is 4.07. The summed E-state index contributed by atoms with van der Waals surface area (Å²) >= 11 is 0. The SMILES string of the molecule is COC[C@H](C)n1c(CCCC(=O)N2CCC(C#N)CC2)nc2cccnc21. The van der Waals surface area contributed by atoms with Crippen LogP contribution < -0.4 is 0 Å². The van der Waals surface area contributed by atoms with Gasteiger partial charge in [0.15, 0.2) is 5.65 Å². The Hall–Kier alpha value is -2.46. The number of aromatic nitrogens is 3. The second kappa shape index (κ2) is 8.96. The predicted molar refractivity (Wildman–Crippen MR) is 102 cm³/mol. The van der Waals surface area contributed by atoms with Crippen molar-refractivity contribution in [1.29, 1.82) is 5.26 Å².